The van der Waals surface area contributed by atoms with Gasteiger partial charge >= 0.3 is 10.4 Å². The molecule has 164 valence electrons. The molecule has 0 saturated carbocycles. The lowest BCUT2D eigenvalue weighted by atomic mass is 10.1. The van der Waals surface area contributed by atoms with E-state index in [0.717, 1.165) is 24.8 Å². The molecule has 0 aromatic heterocycles. The fourth-order valence-corrected chi connectivity index (χ4v) is 2.88. The highest BCUT2D eigenvalue weighted by Crippen LogP contribution is 2.29. The van der Waals surface area contributed by atoms with Gasteiger partial charge in [-0.25, -0.2) is 4.18 Å². The van der Waals surface area contributed by atoms with E-state index in [-0.39, 0.29) is 11.7 Å². The van der Waals surface area contributed by atoms with Crippen LogP contribution in [0.1, 0.15) is 52.0 Å². The second kappa shape index (κ2) is 12.5. The predicted molar refractivity (Wildman–Crippen MR) is 110 cm³/mol. The van der Waals surface area contributed by atoms with E-state index in [1.807, 2.05) is 0 Å². The fourth-order valence-electron chi connectivity index (χ4n) is 2.49. The minimum absolute atomic E-state index is 0.0210. The van der Waals surface area contributed by atoms with Crippen molar-refractivity contribution in [3.63, 3.8) is 0 Å². The number of rotatable bonds is 13. The summed E-state index contributed by atoms with van der Waals surface area (Å²) in [5.41, 5.74) is 0.797. The zero-order valence-corrected chi connectivity index (χ0v) is 18.2. The zero-order valence-electron chi connectivity index (χ0n) is 17.4. The topological polar surface area (TPSA) is 111 Å². The molecule has 1 atom stereocenters. The number of benzene rings is 1. The summed E-state index contributed by atoms with van der Waals surface area (Å²) < 4.78 is 45.0. The second-order valence-electron chi connectivity index (χ2n) is 6.89. The van der Waals surface area contributed by atoms with Crippen molar-refractivity contribution in [2.24, 2.45) is 5.92 Å². The van der Waals surface area contributed by atoms with Crippen molar-refractivity contribution in [3.8, 4) is 11.5 Å². The van der Waals surface area contributed by atoms with Crippen molar-refractivity contribution in [2.75, 3.05) is 7.11 Å². The minimum atomic E-state index is -4.62. The highest BCUT2D eigenvalue weighted by Gasteiger charge is 2.16. The Kier molecular flexibility index (Phi) is 10.7. The Labute approximate surface area is 173 Å². The van der Waals surface area contributed by atoms with Crippen LogP contribution in [-0.2, 0) is 25.9 Å². The Balaban J connectivity index is 2.47. The van der Waals surface area contributed by atoms with Crippen LogP contribution in [0.15, 0.2) is 30.4 Å². The van der Waals surface area contributed by atoms with Crippen molar-refractivity contribution >= 4 is 16.3 Å². The molecule has 1 unspecified atom stereocenters. The fraction of sp³-hybridized carbons (Fsp3) is 0.550. The molecule has 0 aliphatic carbocycles. The average molecular weight is 430 g/mol. The first-order valence-corrected chi connectivity index (χ1v) is 10.9. The normalized spacial score (nSPS) is 12.9. The molecule has 0 spiro atoms. The molecule has 2 N–H and O–H groups in total. The van der Waals surface area contributed by atoms with E-state index < -0.39 is 16.7 Å². The third-order valence-corrected chi connectivity index (χ3v) is 4.33. The molecule has 0 aliphatic rings. The maximum Gasteiger partial charge on any atom is 0.400 e. The van der Waals surface area contributed by atoms with Gasteiger partial charge in [0, 0.05) is 13.0 Å². The largest absolute Gasteiger partial charge is 0.493 e. The van der Waals surface area contributed by atoms with Crippen LogP contribution in [0.3, 0.4) is 0 Å². The van der Waals surface area contributed by atoms with Crippen molar-refractivity contribution in [1.29, 1.82) is 0 Å². The number of carbonyl (C=O) groups is 1. The van der Waals surface area contributed by atoms with E-state index in [4.69, 9.17) is 14.0 Å². The molecule has 1 amide bonds. The van der Waals surface area contributed by atoms with E-state index in [2.05, 4.69) is 35.5 Å². The van der Waals surface area contributed by atoms with Crippen LogP contribution in [0.25, 0.3) is 0 Å². The van der Waals surface area contributed by atoms with Crippen LogP contribution < -0.4 is 14.8 Å². The lowest BCUT2D eigenvalue weighted by Gasteiger charge is -2.16. The summed E-state index contributed by atoms with van der Waals surface area (Å²) in [7, 11) is -3.19. The molecular weight excluding hydrogens is 398 g/mol. The van der Waals surface area contributed by atoms with Gasteiger partial charge in [0.05, 0.1) is 7.11 Å². The first kappa shape index (κ1) is 24.9. The van der Waals surface area contributed by atoms with Gasteiger partial charge in [-0.3, -0.25) is 9.35 Å². The van der Waals surface area contributed by atoms with Crippen molar-refractivity contribution < 1.29 is 31.4 Å². The summed E-state index contributed by atoms with van der Waals surface area (Å²) >= 11 is 0. The molecule has 0 fully saturated rings. The molecule has 8 nitrogen and oxygen atoms in total. The standard InChI is InChI=1S/C20H31NO7S/c1-15(2)9-7-5-6-8-10-20(22)21-14-17-11-12-18(19(13-17)26-4)27-16(3)28-29(23,24)25/h7,9,11-13,15-16H,5-6,8,10,14H2,1-4H3,(H,21,22)(H,23,24,25)/b9-7+. The lowest BCUT2D eigenvalue weighted by Crippen LogP contribution is -2.22. The van der Waals surface area contributed by atoms with Gasteiger partial charge in [-0.05, 0) is 49.8 Å². The van der Waals surface area contributed by atoms with Crippen LogP contribution in [-0.4, -0.2) is 32.3 Å². The van der Waals surface area contributed by atoms with Crippen LogP contribution in [0, 0.1) is 5.92 Å². The predicted octanol–water partition coefficient (Wildman–Crippen LogP) is 3.63. The number of amides is 1. The molecule has 0 saturated heterocycles. The number of unbranched alkanes of at least 4 members (excludes halogenated alkanes) is 2. The molecular formula is C20H31NO7S. The Morgan fingerprint density at radius 2 is 1.93 bits per heavy atom. The Morgan fingerprint density at radius 1 is 1.21 bits per heavy atom. The summed E-state index contributed by atoms with van der Waals surface area (Å²) in [6.45, 7) is 5.91. The number of methoxy groups -OCH3 is 1. The van der Waals surface area contributed by atoms with Crippen LogP contribution in [0.4, 0.5) is 0 Å². The average Bonchev–Trinajstić information content (AvgIpc) is 2.61. The minimum Gasteiger partial charge on any atom is -0.493 e. The number of hydrogen-bond donors (Lipinski definition) is 2. The van der Waals surface area contributed by atoms with Gasteiger partial charge in [0.2, 0.25) is 12.2 Å². The van der Waals surface area contributed by atoms with Crippen LogP contribution in [0.2, 0.25) is 0 Å². The quantitative estimate of drug-likeness (QED) is 0.213. The summed E-state index contributed by atoms with van der Waals surface area (Å²) in [5, 5.41) is 2.86. The molecule has 0 bridgehead atoms. The van der Waals surface area contributed by atoms with E-state index in [1.165, 1.54) is 14.0 Å². The summed E-state index contributed by atoms with van der Waals surface area (Å²) in [5.74, 6) is 1.12. The zero-order chi connectivity index (χ0) is 21.9. The maximum atomic E-state index is 12.0. The molecule has 9 heteroatoms. The molecule has 0 aliphatic heterocycles. The van der Waals surface area contributed by atoms with Gasteiger partial charge in [-0.15, -0.1) is 0 Å². The van der Waals surface area contributed by atoms with Crippen molar-refractivity contribution in [3.05, 3.63) is 35.9 Å². The third kappa shape index (κ3) is 11.5. The molecule has 1 aromatic carbocycles. The molecule has 1 rings (SSSR count). The molecule has 29 heavy (non-hydrogen) atoms. The summed E-state index contributed by atoms with van der Waals surface area (Å²) in [6, 6.07) is 4.97. The monoisotopic (exact) mass is 429 g/mol. The van der Waals surface area contributed by atoms with E-state index in [0.29, 0.717) is 24.6 Å². The van der Waals surface area contributed by atoms with Gasteiger partial charge in [-0.1, -0.05) is 32.1 Å². The summed E-state index contributed by atoms with van der Waals surface area (Å²) in [4.78, 5) is 12.0. The van der Waals surface area contributed by atoms with Crippen LogP contribution >= 0.6 is 0 Å². The van der Waals surface area contributed by atoms with Gasteiger partial charge in [0.15, 0.2) is 11.5 Å². The number of ether oxygens (including phenoxy) is 2. The number of nitrogens with one attached hydrogen (secondary N) is 1. The highest BCUT2D eigenvalue weighted by atomic mass is 32.3. The molecule has 0 heterocycles. The SMILES string of the molecule is COc1cc(CNC(=O)CCCC/C=C/C(C)C)ccc1OC(C)OS(=O)(=O)O. The molecule has 1 aromatic rings. The van der Waals surface area contributed by atoms with E-state index >= 15 is 0 Å². The van der Waals surface area contributed by atoms with Gasteiger partial charge in [0.25, 0.3) is 0 Å². The van der Waals surface area contributed by atoms with E-state index in [1.54, 1.807) is 18.2 Å². The molecule has 0 radical (unpaired) electrons. The Hall–Kier alpha value is -2.10. The Bertz CT molecular complexity index is 775. The van der Waals surface area contributed by atoms with E-state index in [9.17, 15) is 13.2 Å². The lowest BCUT2D eigenvalue weighted by molar-refractivity contribution is -0.121. The van der Waals surface area contributed by atoms with Gasteiger partial charge in [0.1, 0.15) is 0 Å². The number of allylic oxidation sites excluding steroid dienone is 2. The number of carbonyl (C=O) groups excluding carboxylic acids is 1. The van der Waals surface area contributed by atoms with Crippen molar-refractivity contribution in [1.82, 2.24) is 5.32 Å². The number of hydrogen-bond acceptors (Lipinski definition) is 6. The van der Waals surface area contributed by atoms with Crippen molar-refractivity contribution in [2.45, 2.75) is 59.3 Å². The van der Waals surface area contributed by atoms with Gasteiger partial charge in [-0.2, -0.15) is 8.42 Å². The second-order valence-corrected chi connectivity index (χ2v) is 7.94. The first-order chi connectivity index (χ1) is 13.6. The Morgan fingerprint density at radius 3 is 2.55 bits per heavy atom. The third-order valence-electron chi connectivity index (χ3n) is 3.81. The maximum absolute atomic E-state index is 12.0. The first-order valence-electron chi connectivity index (χ1n) is 9.53. The highest BCUT2D eigenvalue weighted by molar-refractivity contribution is 7.80. The summed E-state index contributed by atoms with van der Waals surface area (Å²) in [6.07, 6.45) is 6.33. The van der Waals surface area contributed by atoms with Crippen LogP contribution in [0.5, 0.6) is 11.5 Å². The van der Waals surface area contributed by atoms with Gasteiger partial charge < -0.3 is 14.8 Å². The smallest absolute Gasteiger partial charge is 0.400 e.